The topological polar surface area (TPSA) is 96.0 Å². The normalized spacial score (nSPS) is 12.9. The minimum atomic E-state index is -3.81. The molecule has 2 amide bonds. The fourth-order valence-corrected chi connectivity index (χ4v) is 4.70. The van der Waals surface area contributed by atoms with E-state index in [1.54, 1.807) is 48.5 Å². The quantitative estimate of drug-likeness (QED) is 0.412. The monoisotopic (exact) mass is 537 g/mol. The van der Waals surface area contributed by atoms with Gasteiger partial charge in [0.1, 0.15) is 18.3 Å². The molecule has 0 saturated heterocycles. The van der Waals surface area contributed by atoms with E-state index in [1.165, 1.54) is 4.90 Å². The van der Waals surface area contributed by atoms with Crippen LogP contribution in [0.4, 0.5) is 5.69 Å². The summed E-state index contributed by atoms with van der Waals surface area (Å²) >= 11 is 6.37. The van der Waals surface area contributed by atoms with Gasteiger partial charge in [-0.15, -0.1) is 0 Å². The number of hydrogen-bond acceptors (Lipinski definition) is 5. The van der Waals surface area contributed by atoms with Gasteiger partial charge in [0.25, 0.3) is 0 Å². The van der Waals surface area contributed by atoms with E-state index in [4.69, 9.17) is 16.3 Å². The van der Waals surface area contributed by atoms with Gasteiger partial charge in [-0.05, 0) is 62.6 Å². The van der Waals surface area contributed by atoms with Crippen LogP contribution in [0.1, 0.15) is 46.1 Å². The molecule has 0 aliphatic carbocycles. The average molecular weight is 538 g/mol. The lowest BCUT2D eigenvalue weighted by Gasteiger charge is -2.33. The van der Waals surface area contributed by atoms with Gasteiger partial charge in [0.2, 0.25) is 21.8 Å². The number of sulfonamides is 1. The molecule has 2 aromatic carbocycles. The van der Waals surface area contributed by atoms with Crippen molar-refractivity contribution in [1.82, 2.24) is 10.2 Å². The van der Waals surface area contributed by atoms with E-state index in [0.29, 0.717) is 35.1 Å². The van der Waals surface area contributed by atoms with Crippen molar-refractivity contribution in [1.29, 1.82) is 0 Å². The number of nitrogens with zero attached hydrogens (tertiary/aromatic N) is 2. The molecule has 198 valence electrons. The summed E-state index contributed by atoms with van der Waals surface area (Å²) in [6, 6.07) is 12.7. The van der Waals surface area contributed by atoms with Gasteiger partial charge in [0.15, 0.2) is 0 Å². The van der Waals surface area contributed by atoms with Gasteiger partial charge >= 0.3 is 0 Å². The van der Waals surface area contributed by atoms with E-state index >= 15 is 0 Å². The van der Waals surface area contributed by atoms with Crippen molar-refractivity contribution in [3.63, 3.8) is 0 Å². The highest BCUT2D eigenvalue weighted by Crippen LogP contribution is 2.24. The number of rotatable bonds is 13. The SMILES string of the molecule is CCOc1ccc(N(CC(=O)N(Cc2ccccc2Cl)[C@@H](CC)C(=O)N[C@H](C)CC)S(C)(=O)=O)cc1. The van der Waals surface area contributed by atoms with E-state index in [0.717, 1.165) is 17.0 Å². The molecular formula is C26H36ClN3O5S. The predicted molar refractivity (Wildman–Crippen MR) is 144 cm³/mol. The van der Waals surface area contributed by atoms with E-state index in [9.17, 15) is 18.0 Å². The highest BCUT2D eigenvalue weighted by Gasteiger charge is 2.32. The molecule has 1 N–H and O–H groups in total. The number of anilines is 1. The van der Waals surface area contributed by atoms with Crippen LogP contribution in [0, 0.1) is 0 Å². The summed E-state index contributed by atoms with van der Waals surface area (Å²) in [4.78, 5) is 28.2. The second-order valence-electron chi connectivity index (χ2n) is 8.55. The Hall–Kier alpha value is -2.78. The Bertz CT molecular complexity index is 1120. The predicted octanol–water partition coefficient (Wildman–Crippen LogP) is 4.23. The number of benzene rings is 2. The lowest BCUT2D eigenvalue weighted by molar-refractivity contribution is -0.140. The van der Waals surface area contributed by atoms with Gasteiger partial charge in [0, 0.05) is 17.6 Å². The van der Waals surface area contributed by atoms with Gasteiger partial charge in [-0.1, -0.05) is 43.6 Å². The highest BCUT2D eigenvalue weighted by atomic mass is 35.5. The van der Waals surface area contributed by atoms with Gasteiger partial charge in [-0.25, -0.2) is 8.42 Å². The lowest BCUT2D eigenvalue weighted by atomic mass is 10.1. The molecular weight excluding hydrogens is 502 g/mol. The molecule has 2 rings (SSSR count). The molecule has 0 bridgehead atoms. The summed E-state index contributed by atoms with van der Waals surface area (Å²) in [7, 11) is -3.81. The van der Waals surface area contributed by atoms with Crippen LogP contribution in [-0.4, -0.2) is 56.6 Å². The van der Waals surface area contributed by atoms with Crippen molar-refractivity contribution < 1.29 is 22.7 Å². The van der Waals surface area contributed by atoms with Crippen LogP contribution < -0.4 is 14.4 Å². The van der Waals surface area contributed by atoms with Gasteiger partial charge in [-0.2, -0.15) is 0 Å². The molecule has 0 unspecified atom stereocenters. The Kier molecular flexibility index (Phi) is 11.0. The molecule has 0 heterocycles. The van der Waals surface area contributed by atoms with Crippen molar-refractivity contribution in [3.8, 4) is 5.75 Å². The molecule has 0 saturated carbocycles. The Balaban J connectivity index is 2.43. The summed E-state index contributed by atoms with van der Waals surface area (Å²) in [5.74, 6) is -0.214. The zero-order chi connectivity index (χ0) is 26.9. The van der Waals surface area contributed by atoms with Crippen molar-refractivity contribution in [2.75, 3.05) is 23.7 Å². The second-order valence-corrected chi connectivity index (χ2v) is 10.9. The Labute approximate surface area is 219 Å². The Morgan fingerprint density at radius 3 is 2.19 bits per heavy atom. The molecule has 0 radical (unpaired) electrons. The molecule has 2 atom stereocenters. The largest absolute Gasteiger partial charge is 0.494 e. The fraction of sp³-hybridized carbons (Fsp3) is 0.462. The number of nitrogens with one attached hydrogen (secondary N) is 1. The summed E-state index contributed by atoms with van der Waals surface area (Å²) in [5, 5.41) is 3.40. The summed E-state index contributed by atoms with van der Waals surface area (Å²) in [5.41, 5.74) is 0.985. The van der Waals surface area contributed by atoms with Crippen LogP contribution in [0.2, 0.25) is 5.02 Å². The minimum Gasteiger partial charge on any atom is -0.494 e. The minimum absolute atomic E-state index is 0.0613. The Morgan fingerprint density at radius 1 is 1.03 bits per heavy atom. The van der Waals surface area contributed by atoms with Gasteiger partial charge in [-0.3, -0.25) is 13.9 Å². The number of amides is 2. The third-order valence-corrected chi connectivity index (χ3v) is 7.31. The van der Waals surface area contributed by atoms with Crippen molar-refractivity contribution in [2.45, 2.75) is 59.2 Å². The fourth-order valence-electron chi connectivity index (χ4n) is 3.66. The first-order valence-electron chi connectivity index (χ1n) is 12.1. The number of carbonyl (C=O) groups is 2. The summed E-state index contributed by atoms with van der Waals surface area (Å²) in [6.45, 7) is 7.58. The van der Waals surface area contributed by atoms with Gasteiger partial charge < -0.3 is 15.0 Å². The molecule has 2 aromatic rings. The third-order valence-electron chi connectivity index (χ3n) is 5.80. The molecule has 0 aromatic heterocycles. The van der Waals surface area contributed by atoms with Crippen molar-refractivity contribution in [2.24, 2.45) is 0 Å². The first-order chi connectivity index (χ1) is 17.0. The summed E-state index contributed by atoms with van der Waals surface area (Å²) < 4.78 is 31.9. The third kappa shape index (κ3) is 8.13. The molecule has 8 nitrogen and oxygen atoms in total. The first-order valence-corrected chi connectivity index (χ1v) is 14.3. The van der Waals surface area contributed by atoms with Gasteiger partial charge in [0.05, 0.1) is 18.6 Å². The zero-order valence-corrected chi connectivity index (χ0v) is 23.1. The van der Waals surface area contributed by atoms with Crippen LogP contribution in [0.3, 0.4) is 0 Å². The zero-order valence-electron chi connectivity index (χ0n) is 21.5. The van der Waals surface area contributed by atoms with Crippen LogP contribution in [0.25, 0.3) is 0 Å². The Morgan fingerprint density at radius 2 is 1.67 bits per heavy atom. The van der Waals surface area contributed by atoms with E-state index in [-0.39, 0.29) is 18.5 Å². The molecule has 36 heavy (non-hydrogen) atoms. The van der Waals surface area contributed by atoms with Crippen LogP contribution >= 0.6 is 11.6 Å². The molecule has 0 fully saturated rings. The van der Waals surface area contributed by atoms with Crippen LogP contribution in [0.15, 0.2) is 48.5 Å². The van der Waals surface area contributed by atoms with E-state index in [2.05, 4.69) is 5.32 Å². The van der Waals surface area contributed by atoms with Crippen LogP contribution in [-0.2, 0) is 26.2 Å². The maximum atomic E-state index is 13.7. The number of carbonyl (C=O) groups excluding carboxylic acids is 2. The maximum absolute atomic E-state index is 13.7. The van der Waals surface area contributed by atoms with Crippen LogP contribution in [0.5, 0.6) is 5.75 Å². The maximum Gasteiger partial charge on any atom is 0.244 e. The lowest BCUT2D eigenvalue weighted by Crippen LogP contribution is -2.53. The number of halogens is 1. The number of ether oxygens (including phenoxy) is 1. The summed E-state index contributed by atoms with van der Waals surface area (Å²) in [6.07, 6.45) is 2.13. The van der Waals surface area contributed by atoms with E-state index < -0.39 is 28.5 Å². The molecule has 0 aliphatic heterocycles. The molecule has 0 spiro atoms. The highest BCUT2D eigenvalue weighted by molar-refractivity contribution is 7.92. The number of hydrogen-bond donors (Lipinski definition) is 1. The second kappa shape index (κ2) is 13.5. The average Bonchev–Trinajstić information content (AvgIpc) is 2.83. The molecule has 10 heteroatoms. The van der Waals surface area contributed by atoms with Crippen molar-refractivity contribution >= 4 is 39.1 Å². The van der Waals surface area contributed by atoms with Crippen molar-refractivity contribution in [3.05, 3.63) is 59.1 Å². The standard InChI is InChI=1S/C26H36ClN3O5S/c1-6-19(4)28-26(32)24(7-2)29(17-20-11-9-10-12-23(20)27)25(31)18-30(36(5,33)34)21-13-15-22(16-14-21)35-8-3/h9-16,19,24H,6-8,17-18H2,1-5H3,(H,28,32)/t19-,24+/m1/s1. The van der Waals surface area contributed by atoms with E-state index in [1.807, 2.05) is 27.7 Å². The first kappa shape index (κ1) is 29.5. The smallest absolute Gasteiger partial charge is 0.244 e. The molecule has 0 aliphatic rings.